The van der Waals surface area contributed by atoms with E-state index < -0.39 is 31.3 Å². The summed E-state index contributed by atoms with van der Waals surface area (Å²) >= 11 is 0. The van der Waals surface area contributed by atoms with E-state index in [-0.39, 0.29) is 33.6 Å². The van der Waals surface area contributed by atoms with Crippen molar-refractivity contribution in [3.8, 4) is 0 Å². The van der Waals surface area contributed by atoms with Gasteiger partial charge in [0.25, 0.3) is 0 Å². The van der Waals surface area contributed by atoms with E-state index in [1.165, 1.54) is 42.5 Å². The molecule has 0 bridgehead atoms. The van der Waals surface area contributed by atoms with Crippen LogP contribution in [-0.4, -0.2) is 43.2 Å². The Kier molecular flexibility index (Phi) is 24.2. The number of benzene rings is 1. The predicted molar refractivity (Wildman–Crippen MR) is 190 cm³/mol. The molecule has 1 aliphatic rings. The second-order valence-corrected chi connectivity index (χ2v) is 34.5. The molecule has 0 atom stereocenters. The van der Waals surface area contributed by atoms with Gasteiger partial charge in [-0.1, -0.05) is 118 Å². The summed E-state index contributed by atoms with van der Waals surface area (Å²) in [5, 5.41) is 0. The topological polar surface area (TPSA) is 12.4 Å². The molecule has 1 aromatic rings. The minimum atomic E-state index is -1.22. The first kappa shape index (κ1) is 46.0. The van der Waals surface area contributed by atoms with E-state index in [1.807, 2.05) is 0 Å². The van der Waals surface area contributed by atoms with Crippen LogP contribution >= 0.6 is 7.05 Å². The van der Waals surface area contributed by atoms with Gasteiger partial charge in [-0.3, -0.25) is 4.74 Å². The average molecular weight is 673 g/mol. The number of nitrogens with zero attached hydrogens (tertiary/aromatic N) is 1. The molecule has 0 aromatic heterocycles. The zero-order chi connectivity index (χ0) is 29.1. The molecular weight excluding hydrogens is 605 g/mol. The summed E-state index contributed by atoms with van der Waals surface area (Å²) in [4.78, 5) is 0. The van der Waals surface area contributed by atoms with Crippen molar-refractivity contribution in [2.45, 2.75) is 130 Å². The van der Waals surface area contributed by atoms with Gasteiger partial charge in [0.1, 0.15) is 0 Å². The molecule has 0 radical (unpaired) electrons. The Labute approximate surface area is 265 Å². The van der Waals surface area contributed by atoms with Crippen LogP contribution in [0.5, 0.6) is 0 Å². The van der Waals surface area contributed by atoms with Crippen molar-refractivity contribution >= 4 is 37.0 Å². The zero-order valence-electron chi connectivity index (χ0n) is 28.8. The van der Waals surface area contributed by atoms with E-state index in [0.717, 1.165) is 5.66 Å². The molecule has 1 aromatic carbocycles. The SMILES string of the molecule is CC(C)c1cccc(C(C)C)c1N=P(C)(C)C1CCCC1.[CH2-][Si](C)(C)C.[CH2-][Si](C)(C)C.[CH2-][Si](C)(C)C.[CH3-].[Zr+4]. The fraction of sp³-hybridized carbons (Fsp3) is 0.688. The van der Waals surface area contributed by atoms with Crippen molar-refractivity contribution in [1.29, 1.82) is 0 Å². The Bertz CT molecular complexity index is 716. The summed E-state index contributed by atoms with van der Waals surface area (Å²) < 4.78 is 5.43. The van der Waals surface area contributed by atoms with E-state index in [9.17, 15) is 0 Å². The van der Waals surface area contributed by atoms with Gasteiger partial charge in [-0.25, -0.2) is 0 Å². The summed E-state index contributed by atoms with van der Waals surface area (Å²) in [5.74, 6) is 1.09. The second kappa shape index (κ2) is 20.0. The first-order valence-electron chi connectivity index (χ1n) is 14.1. The van der Waals surface area contributed by atoms with Crippen molar-refractivity contribution in [2.24, 2.45) is 4.74 Å². The van der Waals surface area contributed by atoms with Gasteiger partial charge in [0.05, 0.1) is 5.69 Å². The molecule has 6 heteroatoms. The maximum atomic E-state index is 5.43. The molecule has 0 spiro atoms. The third-order valence-electron chi connectivity index (χ3n) is 4.92. The normalized spacial score (nSPS) is 14.1. The smallest absolute Gasteiger partial charge is 0.358 e. The van der Waals surface area contributed by atoms with Crippen LogP contribution in [0, 0.1) is 27.1 Å². The molecular formula is C32H68NPSi3Zr. The molecule has 1 saturated carbocycles. The Hall–Kier alpha value is 0.984. The number of hydrogen-bond donors (Lipinski definition) is 0. The van der Waals surface area contributed by atoms with Crippen molar-refractivity contribution in [3.05, 3.63) is 56.4 Å². The molecule has 0 aliphatic heterocycles. The molecule has 0 unspecified atom stereocenters. The summed E-state index contributed by atoms with van der Waals surface area (Å²) in [6.07, 6.45) is 5.61. The molecule has 0 N–H and O–H groups in total. The Morgan fingerprint density at radius 3 is 1.21 bits per heavy atom. The van der Waals surface area contributed by atoms with Gasteiger partial charge >= 0.3 is 26.2 Å². The molecule has 0 amide bonds. The van der Waals surface area contributed by atoms with Crippen molar-refractivity contribution < 1.29 is 26.2 Å². The van der Waals surface area contributed by atoms with Gasteiger partial charge in [-0.15, -0.1) is 24.2 Å². The van der Waals surface area contributed by atoms with E-state index in [0.29, 0.717) is 11.8 Å². The molecule has 0 heterocycles. The second-order valence-electron chi connectivity index (χ2n) is 15.3. The first-order valence-corrected chi connectivity index (χ1v) is 27.9. The largest absolute Gasteiger partial charge is 4.00 e. The van der Waals surface area contributed by atoms with Gasteiger partial charge in [0, 0.05) is 0 Å². The molecule has 38 heavy (non-hydrogen) atoms. The van der Waals surface area contributed by atoms with Crippen LogP contribution in [0.1, 0.15) is 76.3 Å². The first-order chi connectivity index (χ1) is 15.8. The predicted octanol–water partition coefficient (Wildman–Crippen LogP) is 12.5. The van der Waals surface area contributed by atoms with E-state index in [2.05, 4.69) is 138 Å². The number of hydrogen-bond acceptors (Lipinski definition) is 1. The quantitative estimate of drug-likeness (QED) is 0.171. The molecule has 1 fully saturated rings. The summed E-state index contributed by atoms with van der Waals surface area (Å²) in [7, 11) is -3.80. The van der Waals surface area contributed by atoms with Crippen LogP contribution < -0.4 is 0 Å². The average Bonchev–Trinajstić information content (AvgIpc) is 3.12. The monoisotopic (exact) mass is 671 g/mol. The zero-order valence-corrected chi connectivity index (χ0v) is 35.2. The summed E-state index contributed by atoms with van der Waals surface area (Å²) in [5.41, 5.74) is 5.06. The maximum absolute atomic E-state index is 5.43. The van der Waals surface area contributed by atoms with Gasteiger partial charge in [0.15, 0.2) is 0 Å². The Morgan fingerprint density at radius 1 is 0.711 bits per heavy atom. The van der Waals surface area contributed by atoms with Gasteiger partial charge in [-0.2, -0.15) is 0 Å². The fourth-order valence-electron chi connectivity index (χ4n) is 3.50. The van der Waals surface area contributed by atoms with Crippen molar-refractivity contribution in [1.82, 2.24) is 0 Å². The molecule has 1 aliphatic carbocycles. The molecule has 0 saturated heterocycles. The summed E-state index contributed by atoms with van der Waals surface area (Å²) in [6, 6.07) is 6.78. The maximum Gasteiger partial charge on any atom is 4.00 e. The third-order valence-corrected chi connectivity index (χ3v) is 7.94. The van der Waals surface area contributed by atoms with Crippen molar-refractivity contribution in [3.63, 3.8) is 0 Å². The fourth-order valence-corrected chi connectivity index (χ4v) is 6.04. The van der Waals surface area contributed by atoms with Crippen LogP contribution in [0.2, 0.25) is 58.9 Å². The van der Waals surface area contributed by atoms with Crippen LogP contribution in [0.4, 0.5) is 5.69 Å². The van der Waals surface area contributed by atoms with E-state index >= 15 is 0 Å². The molecule has 222 valence electrons. The van der Waals surface area contributed by atoms with Crippen LogP contribution in [0.3, 0.4) is 0 Å². The minimum absolute atomic E-state index is 0. The van der Waals surface area contributed by atoms with Crippen LogP contribution in [-0.2, 0) is 26.2 Å². The Balaban J connectivity index is -0.000000282. The van der Waals surface area contributed by atoms with Crippen molar-refractivity contribution in [2.75, 3.05) is 13.3 Å². The third kappa shape index (κ3) is 28.5. The van der Waals surface area contributed by atoms with Crippen LogP contribution in [0.25, 0.3) is 0 Å². The number of rotatable bonds is 4. The van der Waals surface area contributed by atoms with E-state index in [4.69, 9.17) is 4.74 Å². The summed E-state index contributed by atoms with van der Waals surface area (Å²) in [6.45, 7) is 45.7. The van der Waals surface area contributed by atoms with Gasteiger partial charge in [-0.05, 0) is 61.8 Å². The standard InChI is InChI=1S/C19H32NP.3C4H11Si.CH3.Zr/c1-14(2)17-12-9-13-18(15(3)4)19(17)20-21(5,6)16-10-7-8-11-16;3*1-5(2,3)4;;/h9,12-16H,7-8,10-11H2,1-6H3;3*1H2,2-4H3;1H3;/q;4*-1;+4. The minimum Gasteiger partial charge on any atom is -0.358 e. The van der Waals surface area contributed by atoms with Crippen LogP contribution in [0.15, 0.2) is 22.9 Å². The Morgan fingerprint density at radius 2 is 0.974 bits per heavy atom. The molecule has 1 nitrogen and oxygen atoms in total. The molecule has 2 rings (SSSR count). The van der Waals surface area contributed by atoms with E-state index in [1.54, 1.807) is 0 Å². The van der Waals surface area contributed by atoms with Gasteiger partial charge in [0.2, 0.25) is 0 Å². The van der Waals surface area contributed by atoms with Gasteiger partial charge < -0.3 is 27.1 Å².